The molecule has 4 heteroatoms. The number of hydrogen-bond donors (Lipinski definition) is 1. The molecule has 2 N–H and O–H groups in total. The Bertz CT molecular complexity index is 844. The zero-order valence-electron chi connectivity index (χ0n) is 12.9. The van der Waals surface area contributed by atoms with Crippen LogP contribution in [0.4, 0.5) is 5.82 Å². The number of fused-ring (bicyclic) bond motifs is 1. The molecule has 0 unspecified atom stereocenters. The summed E-state index contributed by atoms with van der Waals surface area (Å²) in [5.74, 6) is 1.89. The number of aryl methyl sites for hydroxylation is 1. The smallest absolute Gasteiger partial charge is 0.161 e. The van der Waals surface area contributed by atoms with Crippen molar-refractivity contribution in [3.05, 3.63) is 48.0 Å². The lowest BCUT2D eigenvalue weighted by Gasteiger charge is -2.11. The number of hydrogen-bond acceptors (Lipinski definition) is 4. The highest BCUT2D eigenvalue weighted by molar-refractivity contribution is 5.94. The standard InChI is InChI=1S/C18H18N2O2/c1-11-4-5-12-9-15(20-18(19)14(12)8-11)13-6-7-16(21-2)17(10-13)22-3/h4-10H,1-3H3,(H2,19,20). The third kappa shape index (κ3) is 2.44. The van der Waals surface area contributed by atoms with E-state index in [1.165, 1.54) is 5.56 Å². The summed E-state index contributed by atoms with van der Waals surface area (Å²) < 4.78 is 10.6. The number of methoxy groups -OCH3 is 2. The predicted molar refractivity (Wildman–Crippen MR) is 89.4 cm³/mol. The fourth-order valence-corrected chi connectivity index (χ4v) is 2.53. The van der Waals surface area contributed by atoms with Gasteiger partial charge in [-0.25, -0.2) is 4.98 Å². The molecule has 22 heavy (non-hydrogen) atoms. The second kappa shape index (κ2) is 5.56. The Labute approximate surface area is 129 Å². The van der Waals surface area contributed by atoms with Crippen molar-refractivity contribution in [1.82, 2.24) is 4.98 Å². The van der Waals surface area contributed by atoms with Crippen molar-refractivity contribution in [2.24, 2.45) is 0 Å². The van der Waals surface area contributed by atoms with Gasteiger partial charge in [-0.1, -0.05) is 17.7 Å². The lowest BCUT2D eigenvalue weighted by atomic mass is 10.0. The van der Waals surface area contributed by atoms with Crippen molar-refractivity contribution < 1.29 is 9.47 Å². The third-order valence-electron chi connectivity index (χ3n) is 3.70. The van der Waals surface area contributed by atoms with Crippen LogP contribution in [0.15, 0.2) is 42.5 Å². The van der Waals surface area contributed by atoms with Gasteiger partial charge in [0.25, 0.3) is 0 Å². The molecule has 0 aliphatic carbocycles. The number of rotatable bonds is 3. The molecule has 4 nitrogen and oxygen atoms in total. The van der Waals surface area contributed by atoms with Gasteiger partial charge in [0.1, 0.15) is 5.82 Å². The van der Waals surface area contributed by atoms with Gasteiger partial charge < -0.3 is 15.2 Å². The highest BCUT2D eigenvalue weighted by atomic mass is 16.5. The van der Waals surface area contributed by atoms with Gasteiger partial charge in [-0.15, -0.1) is 0 Å². The summed E-state index contributed by atoms with van der Waals surface area (Å²) >= 11 is 0. The Morgan fingerprint density at radius 1 is 0.909 bits per heavy atom. The summed E-state index contributed by atoms with van der Waals surface area (Å²) in [7, 11) is 3.23. The highest BCUT2D eigenvalue weighted by Gasteiger charge is 2.09. The number of nitrogens with two attached hydrogens (primary N) is 1. The Morgan fingerprint density at radius 2 is 1.68 bits per heavy atom. The van der Waals surface area contributed by atoms with E-state index in [-0.39, 0.29) is 0 Å². The first-order valence-corrected chi connectivity index (χ1v) is 7.01. The molecule has 1 heterocycles. The molecule has 112 valence electrons. The van der Waals surface area contributed by atoms with Gasteiger partial charge in [0, 0.05) is 10.9 Å². The maximum Gasteiger partial charge on any atom is 0.161 e. The zero-order valence-corrected chi connectivity index (χ0v) is 12.9. The molecule has 0 aliphatic rings. The molecule has 0 atom stereocenters. The minimum Gasteiger partial charge on any atom is -0.493 e. The first-order chi connectivity index (χ1) is 10.6. The van der Waals surface area contributed by atoms with Crippen LogP contribution in [0.2, 0.25) is 0 Å². The summed E-state index contributed by atoms with van der Waals surface area (Å²) in [4.78, 5) is 4.52. The number of nitrogen functional groups attached to an aromatic ring is 1. The molecule has 2 aromatic carbocycles. The molecule has 0 bridgehead atoms. The second-order valence-corrected chi connectivity index (χ2v) is 5.19. The van der Waals surface area contributed by atoms with Crippen molar-refractivity contribution in [3.63, 3.8) is 0 Å². The molecule has 0 fully saturated rings. The van der Waals surface area contributed by atoms with Gasteiger partial charge in [-0.3, -0.25) is 0 Å². The van der Waals surface area contributed by atoms with Gasteiger partial charge in [0.05, 0.1) is 19.9 Å². The minimum absolute atomic E-state index is 0.533. The van der Waals surface area contributed by atoms with Gasteiger partial charge in [-0.05, 0) is 42.6 Å². The van der Waals surface area contributed by atoms with Gasteiger partial charge in [-0.2, -0.15) is 0 Å². The first kappa shape index (κ1) is 14.2. The Balaban J connectivity index is 2.16. The number of benzene rings is 2. The molecule has 0 aliphatic heterocycles. The average Bonchev–Trinajstić information content (AvgIpc) is 2.54. The van der Waals surface area contributed by atoms with Crippen LogP contribution >= 0.6 is 0 Å². The Morgan fingerprint density at radius 3 is 2.41 bits per heavy atom. The molecule has 0 saturated carbocycles. The second-order valence-electron chi connectivity index (χ2n) is 5.19. The van der Waals surface area contributed by atoms with Crippen LogP contribution in [-0.2, 0) is 0 Å². The Hall–Kier alpha value is -2.75. The highest BCUT2D eigenvalue weighted by Crippen LogP contribution is 2.33. The number of anilines is 1. The number of pyridine rings is 1. The fraction of sp³-hybridized carbons (Fsp3) is 0.167. The van der Waals surface area contributed by atoms with E-state index in [4.69, 9.17) is 15.2 Å². The summed E-state index contributed by atoms with van der Waals surface area (Å²) in [6.45, 7) is 2.04. The molecule has 0 radical (unpaired) electrons. The summed E-state index contributed by atoms with van der Waals surface area (Å²) in [6, 6.07) is 13.9. The van der Waals surface area contributed by atoms with E-state index in [0.29, 0.717) is 17.3 Å². The van der Waals surface area contributed by atoms with Crippen molar-refractivity contribution in [3.8, 4) is 22.8 Å². The molecular formula is C18H18N2O2. The summed E-state index contributed by atoms with van der Waals surface area (Å²) in [6.07, 6.45) is 0. The Kier molecular flexibility index (Phi) is 3.59. The van der Waals surface area contributed by atoms with Gasteiger partial charge in [0.15, 0.2) is 11.5 Å². The molecule has 3 aromatic rings. The number of nitrogens with zero attached hydrogens (tertiary/aromatic N) is 1. The quantitative estimate of drug-likeness (QED) is 0.798. The van der Waals surface area contributed by atoms with E-state index in [0.717, 1.165) is 22.0 Å². The lowest BCUT2D eigenvalue weighted by Crippen LogP contribution is -1.96. The summed E-state index contributed by atoms with van der Waals surface area (Å²) in [5, 5.41) is 2.05. The van der Waals surface area contributed by atoms with Gasteiger partial charge in [0.2, 0.25) is 0 Å². The SMILES string of the molecule is COc1ccc(-c2cc3ccc(C)cc3c(N)n2)cc1OC. The van der Waals surface area contributed by atoms with Gasteiger partial charge >= 0.3 is 0 Å². The molecular weight excluding hydrogens is 276 g/mol. The average molecular weight is 294 g/mol. The topological polar surface area (TPSA) is 57.4 Å². The van der Waals surface area contributed by atoms with Crippen molar-refractivity contribution in [2.45, 2.75) is 6.92 Å². The van der Waals surface area contributed by atoms with Crippen molar-refractivity contribution in [2.75, 3.05) is 20.0 Å². The normalized spacial score (nSPS) is 10.7. The van der Waals surface area contributed by atoms with E-state index in [1.54, 1.807) is 14.2 Å². The van der Waals surface area contributed by atoms with Crippen LogP contribution in [-0.4, -0.2) is 19.2 Å². The maximum absolute atomic E-state index is 6.12. The molecule has 0 amide bonds. The number of ether oxygens (including phenoxy) is 2. The van der Waals surface area contributed by atoms with E-state index in [9.17, 15) is 0 Å². The van der Waals surface area contributed by atoms with E-state index < -0.39 is 0 Å². The fourth-order valence-electron chi connectivity index (χ4n) is 2.53. The van der Waals surface area contributed by atoms with Crippen LogP contribution in [0, 0.1) is 6.92 Å². The minimum atomic E-state index is 0.533. The van der Waals surface area contributed by atoms with E-state index in [2.05, 4.69) is 23.2 Å². The van der Waals surface area contributed by atoms with Crippen LogP contribution in [0.25, 0.3) is 22.0 Å². The zero-order chi connectivity index (χ0) is 15.7. The molecule has 0 spiro atoms. The number of aromatic nitrogens is 1. The van der Waals surface area contributed by atoms with Crippen LogP contribution in [0.1, 0.15) is 5.56 Å². The van der Waals surface area contributed by atoms with Crippen LogP contribution in [0.5, 0.6) is 11.5 Å². The van der Waals surface area contributed by atoms with E-state index >= 15 is 0 Å². The van der Waals surface area contributed by atoms with Crippen LogP contribution < -0.4 is 15.2 Å². The van der Waals surface area contributed by atoms with E-state index in [1.807, 2.05) is 31.2 Å². The predicted octanol–water partition coefficient (Wildman–Crippen LogP) is 3.81. The van der Waals surface area contributed by atoms with Crippen molar-refractivity contribution in [1.29, 1.82) is 0 Å². The largest absolute Gasteiger partial charge is 0.493 e. The molecule has 3 rings (SSSR count). The summed E-state index contributed by atoms with van der Waals surface area (Å²) in [5.41, 5.74) is 9.04. The van der Waals surface area contributed by atoms with Crippen molar-refractivity contribution >= 4 is 16.6 Å². The lowest BCUT2D eigenvalue weighted by molar-refractivity contribution is 0.355. The maximum atomic E-state index is 6.12. The van der Waals surface area contributed by atoms with Crippen LogP contribution in [0.3, 0.4) is 0 Å². The monoisotopic (exact) mass is 294 g/mol. The molecule has 1 aromatic heterocycles. The third-order valence-corrected chi connectivity index (χ3v) is 3.70. The first-order valence-electron chi connectivity index (χ1n) is 7.01. The molecule has 0 saturated heterocycles.